The molecule has 2 bridgehead atoms. The molecule has 4 saturated heterocycles. The molecule has 3 aromatic rings. The van der Waals surface area contributed by atoms with Crippen LogP contribution >= 0.6 is 0 Å². The van der Waals surface area contributed by atoms with Gasteiger partial charge in [0.15, 0.2) is 0 Å². The minimum atomic E-state index is -0.870. The lowest BCUT2D eigenvalue weighted by Gasteiger charge is -2.34. The molecule has 1 aromatic heterocycles. The van der Waals surface area contributed by atoms with Gasteiger partial charge in [0.05, 0.1) is 35.7 Å². The van der Waals surface area contributed by atoms with E-state index in [0.717, 1.165) is 32.2 Å². The van der Waals surface area contributed by atoms with E-state index in [0.29, 0.717) is 71.6 Å². The summed E-state index contributed by atoms with van der Waals surface area (Å²) in [5, 5.41) is 11.9. The summed E-state index contributed by atoms with van der Waals surface area (Å²) in [6, 6.07) is 6.30. The normalized spacial score (nSPS) is 28.3. The van der Waals surface area contributed by atoms with Crippen LogP contribution in [-0.2, 0) is 17.7 Å². The Bertz CT molecular complexity index is 1630. The highest BCUT2D eigenvalue weighted by Gasteiger charge is 2.49. The Hall–Kier alpha value is -3.57. The largest absolute Gasteiger partial charge is 0.508 e. The molecule has 6 heterocycles. The van der Waals surface area contributed by atoms with Gasteiger partial charge in [-0.25, -0.2) is 8.78 Å². The predicted octanol–water partition coefficient (Wildman–Crippen LogP) is 4.52. The number of ether oxygens (including phenoxy) is 2. The zero-order valence-corrected chi connectivity index (χ0v) is 24.2. The molecule has 1 N–H and O–H groups in total. The number of anilines is 2. The number of benzene rings is 2. The average molecular weight is 592 g/mol. The van der Waals surface area contributed by atoms with Gasteiger partial charge < -0.3 is 24.4 Å². The number of carbonyl (C=O) groups is 1. The van der Waals surface area contributed by atoms with Gasteiger partial charge in [-0.15, -0.1) is 0 Å². The van der Waals surface area contributed by atoms with E-state index in [4.69, 9.17) is 19.4 Å². The zero-order valence-electron chi connectivity index (χ0n) is 24.2. The summed E-state index contributed by atoms with van der Waals surface area (Å²) in [6.45, 7) is 4.78. The van der Waals surface area contributed by atoms with Crippen molar-refractivity contribution in [1.82, 2.24) is 14.9 Å². The zero-order chi connectivity index (χ0) is 29.5. The number of amides is 1. The number of morpholine rings is 1. The van der Waals surface area contributed by atoms with Gasteiger partial charge in [-0.1, -0.05) is 13.0 Å². The maximum absolute atomic E-state index is 15.0. The Balaban J connectivity index is 1.20. The quantitative estimate of drug-likeness (QED) is 0.448. The van der Waals surface area contributed by atoms with Crippen molar-refractivity contribution < 1.29 is 28.2 Å². The SMILES string of the molecule is CCc1c(F)ccc2cc(O)cc(N3Cc4nc(OCC56CCCN5CC(F)C6)nc(N5CC6CCC(C5)O6)c4C3=O)c12. The molecule has 0 spiro atoms. The van der Waals surface area contributed by atoms with Gasteiger partial charge in [0.25, 0.3) is 5.91 Å². The number of aromatic nitrogens is 2. The van der Waals surface area contributed by atoms with Crippen molar-refractivity contribution in [3.8, 4) is 11.8 Å². The fraction of sp³-hybridized carbons (Fsp3) is 0.531. The molecule has 4 atom stereocenters. The van der Waals surface area contributed by atoms with Gasteiger partial charge in [0, 0.05) is 37.5 Å². The summed E-state index contributed by atoms with van der Waals surface area (Å²) in [4.78, 5) is 29.7. The van der Waals surface area contributed by atoms with Gasteiger partial charge in [-0.05, 0) is 61.7 Å². The lowest BCUT2D eigenvalue weighted by Crippen LogP contribution is -2.44. The number of rotatable bonds is 6. The molecule has 0 radical (unpaired) electrons. The molecule has 11 heteroatoms. The fourth-order valence-electron chi connectivity index (χ4n) is 8.12. The van der Waals surface area contributed by atoms with E-state index in [1.807, 2.05) is 6.92 Å². The van der Waals surface area contributed by atoms with E-state index < -0.39 is 6.17 Å². The van der Waals surface area contributed by atoms with Gasteiger partial charge in [0.1, 0.15) is 35.7 Å². The number of phenols is 1. The Morgan fingerprint density at radius 2 is 1.98 bits per heavy atom. The number of phenolic OH excluding ortho intramolecular Hbond substituents is 1. The number of aryl methyl sites for hydroxylation is 1. The molecule has 4 fully saturated rings. The summed E-state index contributed by atoms with van der Waals surface area (Å²) in [5.41, 5.74) is 1.48. The number of hydrogen-bond acceptors (Lipinski definition) is 8. The lowest BCUT2D eigenvalue weighted by atomic mass is 9.95. The Morgan fingerprint density at radius 3 is 2.77 bits per heavy atom. The van der Waals surface area contributed by atoms with Crippen molar-refractivity contribution in [2.24, 2.45) is 0 Å². The number of hydrogen-bond donors (Lipinski definition) is 1. The first-order chi connectivity index (χ1) is 20.8. The molecule has 0 saturated carbocycles. The van der Waals surface area contributed by atoms with E-state index in [1.54, 1.807) is 17.0 Å². The first kappa shape index (κ1) is 27.0. The number of fused-ring (bicyclic) bond motifs is 5. The summed E-state index contributed by atoms with van der Waals surface area (Å²) < 4.78 is 41.7. The molecule has 226 valence electrons. The molecule has 5 aliphatic rings. The molecule has 4 unspecified atom stereocenters. The van der Waals surface area contributed by atoms with Crippen molar-refractivity contribution in [3.63, 3.8) is 0 Å². The molecule has 9 nitrogen and oxygen atoms in total. The summed E-state index contributed by atoms with van der Waals surface area (Å²) in [6.07, 6.45) is 3.91. The third-order valence-electron chi connectivity index (χ3n) is 10.1. The second-order valence-electron chi connectivity index (χ2n) is 12.7. The number of carbonyl (C=O) groups excluding carboxylic acids is 1. The maximum atomic E-state index is 15.0. The van der Waals surface area contributed by atoms with Crippen molar-refractivity contribution in [2.45, 2.75) is 75.9 Å². The molecular formula is C32H35F2N5O4. The lowest BCUT2D eigenvalue weighted by molar-refractivity contribution is 0.0300. The van der Waals surface area contributed by atoms with E-state index in [9.17, 15) is 18.7 Å². The average Bonchev–Trinajstić information content (AvgIpc) is 3.72. The van der Waals surface area contributed by atoms with Crippen LogP contribution in [-0.4, -0.2) is 82.6 Å². The van der Waals surface area contributed by atoms with Gasteiger partial charge in [0.2, 0.25) is 0 Å². The van der Waals surface area contributed by atoms with Crippen LogP contribution in [0.4, 0.5) is 20.3 Å². The monoisotopic (exact) mass is 591 g/mol. The van der Waals surface area contributed by atoms with Crippen molar-refractivity contribution >= 4 is 28.2 Å². The number of halogens is 2. The van der Waals surface area contributed by atoms with Crippen LogP contribution in [0.5, 0.6) is 11.8 Å². The van der Waals surface area contributed by atoms with Gasteiger partial charge >= 0.3 is 6.01 Å². The van der Waals surface area contributed by atoms with E-state index >= 15 is 0 Å². The minimum Gasteiger partial charge on any atom is -0.508 e. The van der Waals surface area contributed by atoms with Gasteiger partial charge in [-0.2, -0.15) is 9.97 Å². The topological polar surface area (TPSA) is 91.3 Å². The highest BCUT2D eigenvalue weighted by molar-refractivity contribution is 6.16. The third kappa shape index (κ3) is 4.34. The fourth-order valence-corrected chi connectivity index (χ4v) is 8.12. The standard InChI is InChI=1S/C32H35F2N5O4/c1-2-23-24(34)7-4-18-10-20(40)11-26(27(18)23)39-16-25-28(30(39)41)29(37-14-21-5-6-22(15-37)43-21)36-31(35-25)42-17-32-8-3-9-38(32)13-19(33)12-32/h4,7,10-11,19,21-22,40H,2-3,5-6,8-9,12-17H2,1H3. The Labute approximate surface area is 248 Å². The van der Waals surface area contributed by atoms with Crippen LogP contribution in [0.15, 0.2) is 24.3 Å². The molecule has 1 amide bonds. The molecular weight excluding hydrogens is 556 g/mol. The molecule has 43 heavy (non-hydrogen) atoms. The molecule has 2 aromatic carbocycles. The highest BCUT2D eigenvalue weighted by atomic mass is 19.1. The minimum absolute atomic E-state index is 0.0110. The first-order valence-corrected chi connectivity index (χ1v) is 15.4. The number of nitrogens with zero attached hydrogens (tertiary/aromatic N) is 5. The number of alkyl halides is 1. The van der Waals surface area contributed by atoms with Crippen molar-refractivity contribution in [2.75, 3.05) is 42.6 Å². The summed E-state index contributed by atoms with van der Waals surface area (Å²) in [7, 11) is 0. The van der Waals surface area contributed by atoms with E-state index in [-0.39, 0.29) is 54.4 Å². The Kier molecular flexibility index (Phi) is 6.27. The second kappa shape index (κ2) is 9.99. The number of aromatic hydroxyl groups is 1. The molecule has 8 rings (SSSR count). The second-order valence-corrected chi connectivity index (χ2v) is 12.7. The molecule has 0 aliphatic carbocycles. The Morgan fingerprint density at radius 1 is 1.16 bits per heavy atom. The smallest absolute Gasteiger partial charge is 0.318 e. The molecule has 5 aliphatic heterocycles. The summed E-state index contributed by atoms with van der Waals surface area (Å²) in [5.74, 6) is -0.156. The van der Waals surface area contributed by atoms with Crippen LogP contribution in [0, 0.1) is 5.82 Å². The third-order valence-corrected chi connectivity index (χ3v) is 10.1. The van der Waals surface area contributed by atoms with E-state index in [2.05, 4.69) is 9.80 Å². The van der Waals surface area contributed by atoms with Crippen LogP contribution in [0.1, 0.15) is 60.6 Å². The summed E-state index contributed by atoms with van der Waals surface area (Å²) >= 11 is 0. The van der Waals surface area contributed by atoms with Crippen molar-refractivity contribution in [3.05, 3.63) is 46.9 Å². The first-order valence-electron chi connectivity index (χ1n) is 15.4. The highest BCUT2D eigenvalue weighted by Crippen LogP contribution is 2.43. The van der Waals surface area contributed by atoms with Gasteiger partial charge in [-0.3, -0.25) is 9.69 Å². The van der Waals surface area contributed by atoms with Crippen LogP contribution in [0.25, 0.3) is 10.8 Å². The van der Waals surface area contributed by atoms with Crippen molar-refractivity contribution in [1.29, 1.82) is 0 Å². The maximum Gasteiger partial charge on any atom is 0.318 e. The van der Waals surface area contributed by atoms with E-state index in [1.165, 1.54) is 12.1 Å². The predicted molar refractivity (Wildman–Crippen MR) is 156 cm³/mol. The van der Waals surface area contributed by atoms with Crippen LogP contribution in [0.2, 0.25) is 0 Å². The van der Waals surface area contributed by atoms with Crippen LogP contribution in [0.3, 0.4) is 0 Å². The van der Waals surface area contributed by atoms with Crippen LogP contribution < -0.4 is 14.5 Å².